The molecule has 0 amide bonds. The van der Waals surface area contributed by atoms with Crippen LogP contribution in [0.3, 0.4) is 0 Å². The van der Waals surface area contributed by atoms with Gasteiger partial charge in [0.05, 0.1) is 15.6 Å². The molecule has 2 rings (SSSR count). The van der Waals surface area contributed by atoms with Crippen LogP contribution < -0.4 is 4.74 Å². The normalized spacial score (nSPS) is 10.7. The van der Waals surface area contributed by atoms with Gasteiger partial charge in [0.2, 0.25) is 0 Å². The van der Waals surface area contributed by atoms with E-state index in [1.807, 2.05) is 13.8 Å². The van der Waals surface area contributed by atoms with Gasteiger partial charge in [-0.1, -0.05) is 37.0 Å². The van der Waals surface area contributed by atoms with Crippen molar-refractivity contribution in [3.63, 3.8) is 0 Å². The number of Topliss-reactive ketones (excluding diaryl/α,β-unsaturated/α-hetero) is 1. The molecule has 0 spiro atoms. The van der Waals surface area contributed by atoms with E-state index in [4.69, 9.17) is 27.9 Å². The lowest BCUT2D eigenvalue weighted by atomic mass is 10.1. The molecule has 0 saturated carbocycles. The molecule has 0 aliphatic rings. The van der Waals surface area contributed by atoms with Gasteiger partial charge in [0, 0.05) is 5.56 Å². The van der Waals surface area contributed by atoms with E-state index < -0.39 is 11.7 Å². The third-order valence-corrected chi connectivity index (χ3v) is 3.43. The number of benzene rings is 2. The van der Waals surface area contributed by atoms with Gasteiger partial charge in [-0.15, -0.1) is 0 Å². The molecule has 0 saturated heterocycles. The number of hydrogen-bond donors (Lipinski definition) is 0. The number of carbonyl (C=O) groups excluding carboxylic acids is 1. The second kappa shape index (κ2) is 8.40. The largest absolute Gasteiger partial charge is 0.456 e. The Morgan fingerprint density at radius 3 is 2.12 bits per heavy atom. The van der Waals surface area contributed by atoms with E-state index in [2.05, 4.69) is 0 Å². The zero-order chi connectivity index (χ0) is 18.5. The summed E-state index contributed by atoms with van der Waals surface area (Å²) in [6.45, 7) is 5.34. The van der Waals surface area contributed by atoms with Gasteiger partial charge in [-0.2, -0.15) is 13.2 Å². The second-order valence-corrected chi connectivity index (χ2v) is 5.26. The van der Waals surface area contributed by atoms with Crippen molar-refractivity contribution in [1.29, 1.82) is 0 Å². The van der Waals surface area contributed by atoms with Gasteiger partial charge in [0.25, 0.3) is 0 Å². The van der Waals surface area contributed by atoms with Crippen molar-refractivity contribution < 1.29 is 22.7 Å². The third kappa shape index (κ3) is 5.14. The molecule has 0 atom stereocenters. The summed E-state index contributed by atoms with van der Waals surface area (Å²) < 4.78 is 43.1. The van der Waals surface area contributed by atoms with E-state index in [1.54, 1.807) is 0 Å². The van der Waals surface area contributed by atoms with Gasteiger partial charge < -0.3 is 4.74 Å². The third-order valence-electron chi connectivity index (χ3n) is 2.80. The number of alkyl halides is 3. The van der Waals surface area contributed by atoms with E-state index in [-0.39, 0.29) is 32.9 Å². The van der Waals surface area contributed by atoms with Gasteiger partial charge in [0.15, 0.2) is 5.78 Å². The van der Waals surface area contributed by atoms with Crippen LogP contribution in [0.1, 0.15) is 36.7 Å². The molecular weight excluding hydrogens is 364 g/mol. The second-order valence-electron chi connectivity index (χ2n) is 4.44. The van der Waals surface area contributed by atoms with Gasteiger partial charge in [-0.05, 0) is 43.3 Å². The molecule has 24 heavy (non-hydrogen) atoms. The fourth-order valence-electron chi connectivity index (χ4n) is 1.72. The van der Waals surface area contributed by atoms with Crippen LogP contribution in [0, 0.1) is 0 Å². The highest BCUT2D eigenvalue weighted by molar-refractivity contribution is 6.34. The number of rotatable bonds is 3. The van der Waals surface area contributed by atoms with Crippen molar-refractivity contribution in [3.8, 4) is 11.5 Å². The lowest BCUT2D eigenvalue weighted by Crippen LogP contribution is -2.04. The van der Waals surface area contributed by atoms with Crippen molar-refractivity contribution in [1.82, 2.24) is 0 Å². The summed E-state index contributed by atoms with van der Waals surface area (Å²) in [5.74, 6) is 0.0386. The first-order chi connectivity index (χ1) is 11.2. The minimum Gasteiger partial charge on any atom is -0.456 e. The van der Waals surface area contributed by atoms with Crippen LogP contribution in [-0.4, -0.2) is 5.78 Å². The molecule has 0 fully saturated rings. The first kappa shape index (κ1) is 20.3. The Bertz CT molecular complexity index is 728. The zero-order valence-electron chi connectivity index (χ0n) is 13.2. The quantitative estimate of drug-likeness (QED) is 0.535. The Balaban J connectivity index is 0.00000139. The van der Waals surface area contributed by atoms with E-state index in [0.717, 1.165) is 18.2 Å². The molecule has 0 unspecified atom stereocenters. The predicted octanol–water partition coefficient (Wildman–Crippen LogP) is 7.03. The van der Waals surface area contributed by atoms with Crippen molar-refractivity contribution in [2.75, 3.05) is 0 Å². The van der Waals surface area contributed by atoms with Crippen molar-refractivity contribution in [3.05, 3.63) is 57.6 Å². The lowest BCUT2D eigenvalue weighted by Gasteiger charge is -2.12. The zero-order valence-corrected chi connectivity index (χ0v) is 14.7. The number of ether oxygens (including phenoxy) is 1. The first-order valence-electron chi connectivity index (χ1n) is 7.03. The van der Waals surface area contributed by atoms with Gasteiger partial charge in [0.1, 0.15) is 11.5 Å². The van der Waals surface area contributed by atoms with E-state index >= 15 is 0 Å². The summed E-state index contributed by atoms with van der Waals surface area (Å²) in [7, 11) is 0. The van der Waals surface area contributed by atoms with Crippen molar-refractivity contribution in [2.45, 2.75) is 26.9 Å². The maximum Gasteiger partial charge on any atom is 0.416 e. The van der Waals surface area contributed by atoms with E-state index in [9.17, 15) is 18.0 Å². The summed E-state index contributed by atoms with van der Waals surface area (Å²) in [5, 5.41) is 0.0764. The predicted molar refractivity (Wildman–Crippen MR) is 89.3 cm³/mol. The van der Waals surface area contributed by atoms with Crippen LogP contribution >= 0.6 is 23.2 Å². The van der Waals surface area contributed by atoms with Gasteiger partial charge >= 0.3 is 6.18 Å². The fourth-order valence-corrected chi connectivity index (χ4v) is 2.19. The minimum absolute atomic E-state index is 0.0477. The molecule has 7 heteroatoms. The molecule has 0 radical (unpaired) electrons. The summed E-state index contributed by atoms with van der Waals surface area (Å²) in [5.41, 5.74) is -0.618. The molecular formula is C17H15Cl2F3O2. The van der Waals surface area contributed by atoms with Crippen LogP contribution in [0.4, 0.5) is 13.2 Å². The highest BCUT2D eigenvalue weighted by Crippen LogP contribution is 2.36. The Labute approximate surface area is 148 Å². The summed E-state index contributed by atoms with van der Waals surface area (Å²) >= 11 is 11.7. The molecule has 0 aliphatic carbocycles. The van der Waals surface area contributed by atoms with Gasteiger partial charge in [-0.25, -0.2) is 0 Å². The Kier molecular flexibility index (Phi) is 7.11. The monoisotopic (exact) mass is 378 g/mol. The van der Waals surface area contributed by atoms with Crippen LogP contribution in [0.25, 0.3) is 0 Å². The Hall–Kier alpha value is -1.72. The average molecular weight is 379 g/mol. The SMILES string of the molecule is CC.CC(=O)c1cc(Oc2ccc(C(F)(F)F)cc2Cl)ccc1Cl. The molecule has 2 aromatic rings. The smallest absolute Gasteiger partial charge is 0.416 e. The first-order valence-corrected chi connectivity index (χ1v) is 7.79. The van der Waals surface area contributed by atoms with Gasteiger partial charge in [-0.3, -0.25) is 4.79 Å². The standard InChI is InChI=1S/C15H9Cl2F3O2.C2H6/c1-8(21)11-7-10(3-4-12(11)16)22-14-5-2-9(6-13(14)17)15(18,19)20;1-2/h2-7H,1H3;1-2H3. The maximum atomic E-state index is 12.6. The molecule has 2 nitrogen and oxygen atoms in total. The highest BCUT2D eigenvalue weighted by atomic mass is 35.5. The summed E-state index contributed by atoms with van der Waals surface area (Å²) in [4.78, 5) is 11.4. The lowest BCUT2D eigenvalue weighted by molar-refractivity contribution is -0.137. The molecule has 2 aromatic carbocycles. The Morgan fingerprint density at radius 1 is 1.00 bits per heavy atom. The number of ketones is 1. The number of halogens is 5. The number of hydrogen-bond acceptors (Lipinski definition) is 2. The van der Waals surface area contributed by atoms with Crippen LogP contribution in [0.15, 0.2) is 36.4 Å². The van der Waals surface area contributed by atoms with Crippen LogP contribution in [-0.2, 0) is 6.18 Å². The van der Waals surface area contributed by atoms with Crippen molar-refractivity contribution in [2.24, 2.45) is 0 Å². The summed E-state index contributed by atoms with van der Waals surface area (Å²) in [6, 6.07) is 7.11. The van der Waals surface area contributed by atoms with E-state index in [1.165, 1.54) is 25.1 Å². The molecule has 0 bridgehead atoms. The minimum atomic E-state index is -4.48. The van der Waals surface area contributed by atoms with Crippen LogP contribution in [0.2, 0.25) is 10.0 Å². The molecule has 0 N–H and O–H groups in total. The molecule has 0 heterocycles. The summed E-state index contributed by atoms with van der Waals surface area (Å²) in [6.07, 6.45) is -4.48. The van der Waals surface area contributed by atoms with Crippen molar-refractivity contribution >= 4 is 29.0 Å². The highest BCUT2D eigenvalue weighted by Gasteiger charge is 2.31. The molecule has 130 valence electrons. The fraction of sp³-hybridized carbons (Fsp3) is 0.235. The number of carbonyl (C=O) groups is 1. The topological polar surface area (TPSA) is 26.3 Å². The maximum absolute atomic E-state index is 12.6. The van der Waals surface area contributed by atoms with Crippen LogP contribution in [0.5, 0.6) is 11.5 Å². The average Bonchev–Trinajstić information content (AvgIpc) is 2.51. The molecule has 0 aliphatic heterocycles. The molecule has 0 aromatic heterocycles. The Morgan fingerprint density at radius 2 is 1.62 bits per heavy atom. The van der Waals surface area contributed by atoms with E-state index in [0.29, 0.717) is 0 Å².